The van der Waals surface area contributed by atoms with E-state index in [1.807, 2.05) is 0 Å². The van der Waals surface area contributed by atoms with Crippen molar-refractivity contribution < 1.29 is 32.6 Å². The third-order valence-corrected chi connectivity index (χ3v) is 7.33. The molecule has 11 nitrogen and oxygen atoms in total. The van der Waals surface area contributed by atoms with Gasteiger partial charge in [0.1, 0.15) is 17.9 Å². The van der Waals surface area contributed by atoms with E-state index in [0.717, 1.165) is 6.26 Å². The summed E-state index contributed by atoms with van der Waals surface area (Å²) in [6.07, 6.45) is 3.92. The molecule has 0 aliphatic carbocycles. The van der Waals surface area contributed by atoms with E-state index >= 15 is 0 Å². The molecule has 2 aromatic heterocycles. The number of hydrogen-bond donors (Lipinski definition) is 1. The van der Waals surface area contributed by atoms with Gasteiger partial charge < -0.3 is 14.6 Å². The number of aromatic nitrogens is 4. The Morgan fingerprint density at radius 1 is 1.08 bits per heavy atom. The predicted molar refractivity (Wildman–Crippen MR) is 135 cm³/mol. The van der Waals surface area contributed by atoms with Crippen molar-refractivity contribution in [1.29, 1.82) is 0 Å². The van der Waals surface area contributed by atoms with Gasteiger partial charge in [-0.3, -0.25) is 9.48 Å². The largest absolute Gasteiger partial charge is 0.403 e. The second-order valence-electron chi connectivity index (χ2n) is 8.58. The van der Waals surface area contributed by atoms with Crippen LogP contribution in [-0.4, -0.2) is 64.5 Å². The van der Waals surface area contributed by atoms with Gasteiger partial charge in [-0.05, 0) is 50.8 Å². The van der Waals surface area contributed by atoms with E-state index in [1.165, 1.54) is 34.7 Å². The van der Waals surface area contributed by atoms with Gasteiger partial charge in [-0.2, -0.15) is 10.2 Å². The van der Waals surface area contributed by atoms with Gasteiger partial charge in [0.25, 0.3) is 0 Å². The van der Waals surface area contributed by atoms with Crippen LogP contribution in [-0.2, 0) is 35.1 Å². The quantitative estimate of drug-likeness (QED) is 0.164. The molecule has 0 bridgehead atoms. The zero-order valence-corrected chi connectivity index (χ0v) is 22.8. The second-order valence-corrected chi connectivity index (χ2v) is 10.9. The average molecular weight is 553 g/mol. The Balaban J connectivity index is 2.01. The summed E-state index contributed by atoms with van der Waals surface area (Å²) >= 11 is 6.64. The van der Waals surface area contributed by atoms with Crippen molar-refractivity contribution in [2.45, 2.75) is 38.0 Å². The van der Waals surface area contributed by atoms with Crippen LogP contribution in [0, 0.1) is 13.8 Å². The molecule has 0 aliphatic heterocycles. The molecule has 200 valence electrons. The Labute approximate surface area is 219 Å². The SMILES string of the molecule is Cc1nn(C)cc1C(=O)Oc1c(C(=O)c2ccc(S(C)(=O)=O)c(CCCCOCO)c2Cl)c(C)nn1C. The molecule has 0 radical (unpaired) electrons. The maximum absolute atomic E-state index is 13.7. The maximum atomic E-state index is 13.7. The molecule has 0 amide bonds. The van der Waals surface area contributed by atoms with Crippen LogP contribution in [0.25, 0.3) is 0 Å². The molecule has 3 aromatic rings. The summed E-state index contributed by atoms with van der Waals surface area (Å²) in [6.45, 7) is 3.15. The molecule has 0 atom stereocenters. The third kappa shape index (κ3) is 6.27. The highest BCUT2D eigenvalue weighted by atomic mass is 35.5. The zero-order valence-electron chi connectivity index (χ0n) is 21.2. The Morgan fingerprint density at radius 3 is 2.38 bits per heavy atom. The number of aliphatic hydroxyl groups excluding tert-OH is 1. The van der Waals surface area contributed by atoms with E-state index in [1.54, 1.807) is 20.9 Å². The molecular formula is C24H29ClN4O7S. The number of unbranched alkanes of at least 4 members (excludes halogenated alkanes) is 1. The van der Waals surface area contributed by atoms with Crippen LogP contribution >= 0.6 is 11.6 Å². The fourth-order valence-corrected chi connectivity index (χ4v) is 5.39. The van der Waals surface area contributed by atoms with E-state index in [4.69, 9.17) is 26.2 Å². The molecule has 0 saturated heterocycles. The lowest BCUT2D eigenvalue weighted by Gasteiger charge is -2.14. The van der Waals surface area contributed by atoms with Gasteiger partial charge in [0, 0.05) is 38.7 Å². The van der Waals surface area contributed by atoms with Crippen LogP contribution in [0.4, 0.5) is 0 Å². The van der Waals surface area contributed by atoms with E-state index in [-0.39, 0.29) is 38.9 Å². The zero-order chi connectivity index (χ0) is 27.5. The maximum Gasteiger partial charge on any atom is 0.348 e. The topological polar surface area (TPSA) is 143 Å². The second kappa shape index (κ2) is 11.5. The van der Waals surface area contributed by atoms with Crippen LogP contribution in [0.3, 0.4) is 0 Å². The lowest BCUT2D eigenvalue weighted by Crippen LogP contribution is -2.15. The van der Waals surface area contributed by atoms with Gasteiger partial charge >= 0.3 is 5.97 Å². The van der Waals surface area contributed by atoms with Crippen LogP contribution in [0.2, 0.25) is 5.02 Å². The van der Waals surface area contributed by atoms with Crippen molar-refractivity contribution in [1.82, 2.24) is 19.6 Å². The molecule has 13 heteroatoms. The van der Waals surface area contributed by atoms with Gasteiger partial charge in [-0.1, -0.05) is 11.6 Å². The number of halogens is 1. The molecule has 3 rings (SSSR count). The van der Waals surface area contributed by atoms with E-state index in [0.29, 0.717) is 36.4 Å². The minimum absolute atomic E-state index is 0.000338. The number of hydrogen-bond acceptors (Lipinski definition) is 9. The van der Waals surface area contributed by atoms with Gasteiger partial charge in [0.05, 0.1) is 21.3 Å². The first-order valence-corrected chi connectivity index (χ1v) is 13.6. The lowest BCUT2D eigenvalue weighted by atomic mass is 9.99. The van der Waals surface area contributed by atoms with Crippen LogP contribution in [0.5, 0.6) is 5.88 Å². The molecule has 0 saturated carbocycles. The summed E-state index contributed by atoms with van der Waals surface area (Å²) in [5, 5.41) is 17.1. The molecular weight excluding hydrogens is 524 g/mol. The third-order valence-electron chi connectivity index (χ3n) is 5.72. The Morgan fingerprint density at radius 2 is 1.78 bits per heavy atom. The first-order chi connectivity index (χ1) is 17.4. The molecule has 0 spiro atoms. The Kier molecular flexibility index (Phi) is 8.90. The number of aliphatic hydroxyl groups is 1. The number of esters is 1. The summed E-state index contributed by atoms with van der Waals surface area (Å²) in [4.78, 5) is 26.6. The number of ketones is 1. The van der Waals surface area contributed by atoms with Crippen molar-refractivity contribution in [2.75, 3.05) is 19.7 Å². The summed E-state index contributed by atoms with van der Waals surface area (Å²) in [5.74, 6) is -1.33. The monoisotopic (exact) mass is 552 g/mol. The van der Waals surface area contributed by atoms with Crippen molar-refractivity contribution in [3.8, 4) is 5.88 Å². The molecule has 0 fully saturated rings. The normalized spacial score (nSPS) is 11.6. The molecule has 0 aliphatic rings. The number of benzene rings is 1. The van der Waals surface area contributed by atoms with Crippen LogP contribution in [0.1, 0.15) is 56.1 Å². The number of nitrogens with zero attached hydrogens (tertiary/aromatic N) is 4. The van der Waals surface area contributed by atoms with Gasteiger partial charge in [-0.25, -0.2) is 17.9 Å². The predicted octanol–water partition coefficient (Wildman–Crippen LogP) is 2.57. The van der Waals surface area contributed by atoms with Gasteiger partial charge in [-0.15, -0.1) is 0 Å². The number of sulfone groups is 1. The van der Waals surface area contributed by atoms with Crippen molar-refractivity contribution in [3.63, 3.8) is 0 Å². The Bertz CT molecular complexity index is 1440. The molecule has 1 N–H and O–H groups in total. The number of carbonyl (C=O) groups is 2. The van der Waals surface area contributed by atoms with Gasteiger partial charge in [0.15, 0.2) is 9.84 Å². The molecule has 2 heterocycles. The van der Waals surface area contributed by atoms with E-state index in [2.05, 4.69) is 10.2 Å². The van der Waals surface area contributed by atoms with Crippen molar-refractivity contribution in [2.24, 2.45) is 14.1 Å². The summed E-state index contributed by atoms with van der Waals surface area (Å²) < 4.78 is 38.1. The summed E-state index contributed by atoms with van der Waals surface area (Å²) in [5.41, 5.74) is 1.42. The first kappa shape index (κ1) is 28.5. The standard InChI is InChI=1S/C24H29ClN4O7S/c1-14-18(12-28(3)26-14)24(32)36-23-20(15(2)27-29(23)4)22(31)17-9-10-19(37(5,33)34)16(21(17)25)8-6-7-11-35-13-30/h9-10,12,30H,6-8,11,13H2,1-5H3. The summed E-state index contributed by atoms with van der Waals surface area (Å²) in [6, 6.07) is 2.70. The highest BCUT2D eigenvalue weighted by Crippen LogP contribution is 2.33. The fraction of sp³-hybridized carbons (Fsp3) is 0.417. The minimum atomic E-state index is -3.63. The smallest absolute Gasteiger partial charge is 0.348 e. The average Bonchev–Trinajstić information content (AvgIpc) is 3.29. The number of ether oxygens (including phenoxy) is 2. The Hall–Kier alpha value is -3.06. The van der Waals surface area contributed by atoms with Gasteiger partial charge in [0.2, 0.25) is 11.7 Å². The van der Waals surface area contributed by atoms with E-state index in [9.17, 15) is 18.0 Å². The highest BCUT2D eigenvalue weighted by molar-refractivity contribution is 7.90. The highest BCUT2D eigenvalue weighted by Gasteiger charge is 2.29. The first-order valence-electron chi connectivity index (χ1n) is 11.4. The molecule has 1 aromatic carbocycles. The number of carbonyl (C=O) groups excluding carboxylic acids is 2. The molecule has 0 unspecified atom stereocenters. The fourth-order valence-electron chi connectivity index (χ4n) is 4.02. The van der Waals surface area contributed by atoms with Crippen molar-refractivity contribution >= 4 is 33.2 Å². The lowest BCUT2D eigenvalue weighted by molar-refractivity contribution is -0.00266. The minimum Gasteiger partial charge on any atom is -0.403 e. The van der Waals surface area contributed by atoms with E-state index < -0.39 is 28.4 Å². The number of rotatable bonds is 11. The van der Waals surface area contributed by atoms with Crippen molar-refractivity contribution in [3.05, 3.63) is 57.0 Å². The van der Waals surface area contributed by atoms with Crippen LogP contribution in [0.15, 0.2) is 23.2 Å². The van der Waals surface area contributed by atoms with Crippen LogP contribution < -0.4 is 4.74 Å². The molecule has 37 heavy (non-hydrogen) atoms. The summed E-state index contributed by atoms with van der Waals surface area (Å²) in [7, 11) is -0.421. The number of aryl methyl sites for hydroxylation is 4.